The summed E-state index contributed by atoms with van der Waals surface area (Å²) in [7, 11) is 0. The topological polar surface area (TPSA) is 78.9 Å². The van der Waals surface area contributed by atoms with Gasteiger partial charge in [0.1, 0.15) is 13.2 Å². The molecule has 0 aliphatic carbocycles. The van der Waals surface area contributed by atoms with Crippen molar-refractivity contribution < 1.29 is 28.6 Å². The van der Waals surface area contributed by atoms with Crippen LogP contribution in [-0.2, 0) is 28.6 Å². The second-order valence-corrected chi connectivity index (χ2v) is 23.7. The summed E-state index contributed by atoms with van der Waals surface area (Å²) >= 11 is 0. The molecule has 0 rings (SSSR count). The van der Waals surface area contributed by atoms with E-state index in [0.29, 0.717) is 19.3 Å². The van der Waals surface area contributed by atoms with Gasteiger partial charge in [-0.2, -0.15) is 0 Å². The molecule has 72 heavy (non-hydrogen) atoms. The van der Waals surface area contributed by atoms with E-state index in [1.54, 1.807) is 0 Å². The van der Waals surface area contributed by atoms with Crippen molar-refractivity contribution in [3.05, 3.63) is 0 Å². The first-order chi connectivity index (χ1) is 35.2. The smallest absolute Gasteiger partial charge is 0.306 e. The molecule has 1 atom stereocenters. The molecule has 0 aromatic heterocycles. The van der Waals surface area contributed by atoms with Crippen LogP contribution in [0.15, 0.2) is 0 Å². The van der Waals surface area contributed by atoms with E-state index in [-0.39, 0.29) is 31.1 Å². The molecule has 0 saturated carbocycles. The number of ether oxygens (including phenoxy) is 3. The van der Waals surface area contributed by atoms with E-state index in [9.17, 15) is 14.4 Å². The van der Waals surface area contributed by atoms with Crippen molar-refractivity contribution in [1.29, 1.82) is 0 Å². The van der Waals surface area contributed by atoms with E-state index in [2.05, 4.69) is 34.6 Å². The lowest BCUT2D eigenvalue weighted by atomic mass is 10.0. The van der Waals surface area contributed by atoms with Gasteiger partial charge in [0.05, 0.1) is 0 Å². The van der Waals surface area contributed by atoms with Crippen LogP contribution >= 0.6 is 0 Å². The van der Waals surface area contributed by atoms with Gasteiger partial charge in [0.25, 0.3) is 0 Å². The van der Waals surface area contributed by atoms with Crippen LogP contribution in [0.5, 0.6) is 0 Å². The van der Waals surface area contributed by atoms with Gasteiger partial charge in [0.2, 0.25) is 0 Å². The Hall–Kier alpha value is -1.59. The molecule has 0 heterocycles. The van der Waals surface area contributed by atoms with Crippen LogP contribution in [0.25, 0.3) is 0 Å². The van der Waals surface area contributed by atoms with Crippen molar-refractivity contribution in [2.45, 2.75) is 381 Å². The number of hydrogen-bond donors (Lipinski definition) is 0. The van der Waals surface area contributed by atoms with Crippen molar-refractivity contribution in [2.24, 2.45) is 11.8 Å². The lowest BCUT2D eigenvalue weighted by molar-refractivity contribution is -0.167. The Balaban J connectivity index is 4.27. The molecule has 0 aliphatic rings. The van der Waals surface area contributed by atoms with Crippen LogP contribution < -0.4 is 0 Å². The number of carbonyl (C=O) groups is 3. The van der Waals surface area contributed by atoms with Gasteiger partial charge in [0, 0.05) is 19.3 Å². The molecule has 0 N–H and O–H groups in total. The Morgan fingerprint density at radius 3 is 0.681 bits per heavy atom. The van der Waals surface area contributed by atoms with Crippen LogP contribution in [0.4, 0.5) is 0 Å². The second-order valence-electron chi connectivity index (χ2n) is 23.7. The highest BCUT2D eigenvalue weighted by molar-refractivity contribution is 5.71. The van der Waals surface area contributed by atoms with Crippen LogP contribution in [0.3, 0.4) is 0 Å². The van der Waals surface area contributed by atoms with E-state index >= 15 is 0 Å². The molecular weight excluding hydrogens is 889 g/mol. The highest BCUT2D eigenvalue weighted by Gasteiger charge is 2.19. The van der Waals surface area contributed by atoms with Crippen LogP contribution in [0, 0.1) is 11.8 Å². The highest BCUT2D eigenvalue weighted by Crippen LogP contribution is 2.19. The molecule has 0 saturated heterocycles. The van der Waals surface area contributed by atoms with Crippen molar-refractivity contribution in [1.82, 2.24) is 0 Å². The zero-order valence-electron chi connectivity index (χ0n) is 49.6. The van der Waals surface area contributed by atoms with Gasteiger partial charge in [0.15, 0.2) is 6.10 Å². The number of hydrogen-bond acceptors (Lipinski definition) is 6. The largest absolute Gasteiger partial charge is 0.462 e. The number of carbonyl (C=O) groups excluding carboxylic acids is 3. The summed E-state index contributed by atoms with van der Waals surface area (Å²) in [5.41, 5.74) is 0. The summed E-state index contributed by atoms with van der Waals surface area (Å²) < 4.78 is 17.0. The summed E-state index contributed by atoms with van der Waals surface area (Å²) in [5.74, 6) is 0.862. The normalized spacial score (nSPS) is 12.0. The third-order valence-corrected chi connectivity index (χ3v) is 15.2. The maximum Gasteiger partial charge on any atom is 0.306 e. The Bertz CT molecular complexity index is 1100. The first-order valence-corrected chi connectivity index (χ1v) is 32.7. The predicted octanol–water partition coefficient (Wildman–Crippen LogP) is 22.0. The van der Waals surface area contributed by atoms with Crippen molar-refractivity contribution in [2.75, 3.05) is 13.2 Å². The van der Waals surface area contributed by atoms with E-state index in [0.717, 1.165) is 69.6 Å². The molecule has 0 amide bonds. The Morgan fingerprint density at radius 1 is 0.264 bits per heavy atom. The molecule has 0 bridgehead atoms. The Labute approximate surface area is 450 Å². The summed E-state index contributed by atoms with van der Waals surface area (Å²) in [6.07, 6.45) is 65.4. The Kier molecular flexibility index (Phi) is 57.4. The van der Waals surface area contributed by atoms with E-state index < -0.39 is 6.10 Å². The maximum absolute atomic E-state index is 12.9. The minimum atomic E-state index is -0.764. The molecule has 0 aliphatic heterocycles. The summed E-state index contributed by atoms with van der Waals surface area (Å²) in [5, 5.41) is 0. The molecule has 0 unspecified atom stereocenters. The van der Waals surface area contributed by atoms with E-state index in [1.807, 2.05) is 0 Å². The molecule has 0 radical (unpaired) electrons. The molecule has 0 fully saturated rings. The van der Waals surface area contributed by atoms with Gasteiger partial charge in [-0.3, -0.25) is 14.4 Å². The van der Waals surface area contributed by atoms with Gasteiger partial charge < -0.3 is 14.2 Å². The van der Waals surface area contributed by atoms with Gasteiger partial charge in [-0.1, -0.05) is 336 Å². The third kappa shape index (κ3) is 59.3. The minimum Gasteiger partial charge on any atom is -0.462 e. The first-order valence-electron chi connectivity index (χ1n) is 32.7. The molecule has 0 spiro atoms. The summed E-state index contributed by atoms with van der Waals surface area (Å²) in [6, 6.07) is 0. The van der Waals surface area contributed by atoms with Crippen molar-refractivity contribution >= 4 is 17.9 Å². The fourth-order valence-corrected chi connectivity index (χ4v) is 10.3. The average molecular weight is 1020 g/mol. The van der Waals surface area contributed by atoms with Crippen LogP contribution in [0.2, 0.25) is 0 Å². The molecule has 6 nitrogen and oxygen atoms in total. The molecule has 6 heteroatoms. The van der Waals surface area contributed by atoms with Gasteiger partial charge in [-0.25, -0.2) is 0 Å². The van der Waals surface area contributed by atoms with Gasteiger partial charge >= 0.3 is 17.9 Å². The SMILES string of the molecule is CCCCCCCCCCCCCCCCCCCCC(=O)OC[C@H](COC(=O)CCCCCCCCCCCCCCC(C)C)OC(=O)CCCCCCCCCCCCCCCCCCCCC(C)C. The number of unbranched alkanes of at least 4 members (excludes halogenated alkanes) is 45. The highest BCUT2D eigenvalue weighted by atomic mass is 16.6. The molecular formula is C66H128O6. The first kappa shape index (κ1) is 70.4. The molecule has 0 aromatic carbocycles. The van der Waals surface area contributed by atoms with Gasteiger partial charge in [-0.15, -0.1) is 0 Å². The van der Waals surface area contributed by atoms with E-state index in [1.165, 1.54) is 263 Å². The number of esters is 3. The van der Waals surface area contributed by atoms with Crippen LogP contribution in [0.1, 0.15) is 375 Å². The second kappa shape index (κ2) is 58.7. The predicted molar refractivity (Wildman–Crippen MR) is 312 cm³/mol. The zero-order chi connectivity index (χ0) is 52.5. The van der Waals surface area contributed by atoms with Gasteiger partial charge in [-0.05, 0) is 31.1 Å². The van der Waals surface area contributed by atoms with E-state index in [4.69, 9.17) is 14.2 Å². The van der Waals surface area contributed by atoms with Crippen molar-refractivity contribution in [3.63, 3.8) is 0 Å². The third-order valence-electron chi connectivity index (χ3n) is 15.2. The lowest BCUT2D eigenvalue weighted by Gasteiger charge is -2.18. The number of rotatable bonds is 60. The zero-order valence-corrected chi connectivity index (χ0v) is 49.6. The standard InChI is InChI=1S/C66H128O6/c1-6-7-8-9-10-11-12-13-14-15-19-22-25-31-36-41-46-51-56-64(67)70-59-63(60-71-65(68)57-52-47-42-37-32-28-27-30-35-40-45-50-55-62(4)5)72-66(69)58-53-48-43-38-33-26-23-20-17-16-18-21-24-29-34-39-44-49-54-61(2)3/h61-63H,6-60H2,1-5H3/t63-/m1/s1. The maximum atomic E-state index is 12.9. The Morgan fingerprint density at radius 2 is 0.458 bits per heavy atom. The summed E-state index contributed by atoms with van der Waals surface area (Å²) in [6.45, 7) is 11.5. The molecule has 0 aromatic rings. The monoisotopic (exact) mass is 1020 g/mol. The quantitative estimate of drug-likeness (QED) is 0.0343. The fourth-order valence-electron chi connectivity index (χ4n) is 10.3. The lowest BCUT2D eigenvalue weighted by Crippen LogP contribution is -2.30. The summed E-state index contributed by atoms with van der Waals surface area (Å²) in [4.78, 5) is 38.3. The van der Waals surface area contributed by atoms with Crippen LogP contribution in [-0.4, -0.2) is 37.2 Å². The average Bonchev–Trinajstić information content (AvgIpc) is 3.36. The molecule has 428 valence electrons. The van der Waals surface area contributed by atoms with Crippen molar-refractivity contribution in [3.8, 4) is 0 Å². The fraction of sp³-hybridized carbons (Fsp3) is 0.955. The minimum absolute atomic E-state index is 0.0617.